The van der Waals surface area contributed by atoms with Crippen LogP contribution >= 0.6 is 11.3 Å². The molecule has 1 heterocycles. The Morgan fingerprint density at radius 1 is 1.03 bits per heavy atom. The molecule has 2 aromatic carbocycles. The van der Waals surface area contributed by atoms with E-state index in [2.05, 4.69) is 27.0 Å². The van der Waals surface area contributed by atoms with Crippen LogP contribution in [0.15, 0.2) is 58.7 Å². The molecule has 0 aliphatic heterocycles. The van der Waals surface area contributed by atoms with Crippen LogP contribution in [-0.2, 0) is 0 Å². The van der Waals surface area contributed by atoms with Crippen LogP contribution in [0.1, 0.15) is 28.6 Å². The molecule has 3 rings (SSSR count). The average Bonchev–Trinajstić information content (AvgIpc) is 3.12. The first-order valence-corrected chi connectivity index (χ1v) is 9.65. The number of ether oxygens (including phenoxy) is 1. The van der Waals surface area contributed by atoms with Crippen LogP contribution in [0.25, 0.3) is 10.6 Å². The van der Waals surface area contributed by atoms with E-state index in [1.54, 1.807) is 18.4 Å². The Bertz CT molecular complexity index is 1130. The third-order valence-electron chi connectivity index (χ3n) is 3.99. The number of benzene rings is 2. The predicted octanol–water partition coefficient (Wildman–Crippen LogP) is 3.52. The molecule has 4 N–H and O–H groups in total. The second-order valence-electron chi connectivity index (χ2n) is 6.20. The van der Waals surface area contributed by atoms with E-state index in [1.165, 1.54) is 0 Å². The maximum atomic E-state index is 5.33. The van der Waals surface area contributed by atoms with Gasteiger partial charge in [0.25, 0.3) is 0 Å². The summed E-state index contributed by atoms with van der Waals surface area (Å²) in [5.41, 5.74) is 15.1. The highest BCUT2D eigenvalue weighted by Gasteiger charge is 2.12. The van der Waals surface area contributed by atoms with Gasteiger partial charge in [-0.1, -0.05) is 30.0 Å². The fraction of sp³-hybridized carbons (Fsp3) is 0.136. The molecule has 7 heteroatoms. The largest absolute Gasteiger partial charge is 0.497 e. The average molecular weight is 404 g/mol. The number of aromatic nitrogens is 1. The standard InChI is InChI=1S/C22H21N5OS/c1-14-20(15(2)26-27-22(23)24)29-21(25-14)18-11-9-16(10-12-18)7-8-17-5-4-6-19(13-17)28-3/h4-6,9-13H,1-3H3,(H4,23,24,27)/b26-15+. The highest BCUT2D eigenvalue weighted by atomic mass is 32.1. The third kappa shape index (κ3) is 5.21. The van der Waals surface area contributed by atoms with Crippen molar-refractivity contribution in [1.82, 2.24) is 4.98 Å². The Morgan fingerprint density at radius 2 is 1.76 bits per heavy atom. The molecular weight excluding hydrogens is 382 g/mol. The van der Waals surface area contributed by atoms with Gasteiger partial charge in [0.05, 0.1) is 23.4 Å². The Morgan fingerprint density at radius 3 is 2.45 bits per heavy atom. The lowest BCUT2D eigenvalue weighted by molar-refractivity contribution is 0.414. The minimum Gasteiger partial charge on any atom is -0.497 e. The Hall–Kier alpha value is -3.63. The molecule has 0 spiro atoms. The predicted molar refractivity (Wildman–Crippen MR) is 119 cm³/mol. The normalized spacial score (nSPS) is 10.8. The van der Waals surface area contributed by atoms with E-state index in [-0.39, 0.29) is 5.96 Å². The number of methoxy groups -OCH3 is 1. The van der Waals surface area contributed by atoms with E-state index in [0.29, 0.717) is 0 Å². The van der Waals surface area contributed by atoms with E-state index < -0.39 is 0 Å². The fourth-order valence-electron chi connectivity index (χ4n) is 2.58. The molecule has 0 fully saturated rings. The highest BCUT2D eigenvalue weighted by Crippen LogP contribution is 2.28. The number of hydrogen-bond acceptors (Lipinski definition) is 5. The lowest BCUT2D eigenvalue weighted by Crippen LogP contribution is -2.22. The molecule has 0 atom stereocenters. The van der Waals surface area contributed by atoms with Gasteiger partial charge >= 0.3 is 0 Å². The van der Waals surface area contributed by atoms with Crippen molar-refractivity contribution >= 4 is 23.0 Å². The number of guanidine groups is 1. The van der Waals surface area contributed by atoms with Gasteiger partial charge in [0.15, 0.2) is 0 Å². The van der Waals surface area contributed by atoms with Crippen LogP contribution in [0.2, 0.25) is 0 Å². The molecular formula is C22H21N5OS. The topological polar surface area (TPSA) is 98.9 Å². The molecule has 0 bridgehead atoms. The van der Waals surface area contributed by atoms with Gasteiger partial charge < -0.3 is 16.2 Å². The summed E-state index contributed by atoms with van der Waals surface area (Å²) >= 11 is 1.55. The fourth-order valence-corrected chi connectivity index (χ4v) is 3.59. The van der Waals surface area contributed by atoms with Crippen LogP contribution < -0.4 is 16.2 Å². The second kappa shape index (κ2) is 9.04. The van der Waals surface area contributed by atoms with Gasteiger partial charge in [-0.2, -0.15) is 5.10 Å². The quantitative estimate of drug-likeness (QED) is 0.301. The zero-order valence-electron chi connectivity index (χ0n) is 16.4. The van der Waals surface area contributed by atoms with Crippen molar-refractivity contribution in [3.63, 3.8) is 0 Å². The summed E-state index contributed by atoms with van der Waals surface area (Å²) in [7, 11) is 1.64. The van der Waals surface area contributed by atoms with Crippen molar-refractivity contribution in [2.24, 2.45) is 21.7 Å². The van der Waals surface area contributed by atoms with E-state index >= 15 is 0 Å². The van der Waals surface area contributed by atoms with Crippen molar-refractivity contribution in [3.05, 3.63) is 70.2 Å². The summed E-state index contributed by atoms with van der Waals surface area (Å²) in [6.07, 6.45) is 0. The Balaban J connectivity index is 1.81. The minimum atomic E-state index is -0.0719. The molecule has 29 heavy (non-hydrogen) atoms. The first-order chi connectivity index (χ1) is 14.0. The molecule has 6 nitrogen and oxygen atoms in total. The molecule has 3 aromatic rings. The molecule has 0 radical (unpaired) electrons. The molecule has 0 unspecified atom stereocenters. The molecule has 1 aromatic heterocycles. The van der Waals surface area contributed by atoms with Gasteiger partial charge in [0.2, 0.25) is 5.96 Å². The smallest absolute Gasteiger partial charge is 0.211 e. The molecule has 0 aliphatic rings. The van der Waals surface area contributed by atoms with Crippen molar-refractivity contribution in [3.8, 4) is 28.2 Å². The van der Waals surface area contributed by atoms with Crippen molar-refractivity contribution < 1.29 is 4.74 Å². The maximum Gasteiger partial charge on any atom is 0.211 e. The van der Waals surface area contributed by atoms with Crippen LogP contribution in [-0.4, -0.2) is 23.8 Å². The zero-order chi connectivity index (χ0) is 20.8. The van der Waals surface area contributed by atoms with Crippen LogP contribution in [0.4, 0.5) is 0 Å². The highest BCUT2D eigenvalue weighted by molar-refractivity contribution is 7.17. The third-order valence-corrected chi connectivity index (χ3v) is 5.31. The SMILES string of the molecule is COc1cccc(C#Cc2ccc(-c3nc(C)c(/C(C)=N/N=C(N)N)s3)cc2)c1. The summed E-state index contributed by atoms with van der Waals surface area (Å²) in [4.78, 5) is 5.60. The van der Waals surface area contributed by atoms with Crippen LogP contribution in [0.5, 0.6) is 5.75 Å². The number of nitrogens with two attached hydrogens (primary N) is 2. The maximum absolute atomic E-state index is 5.33. The van der Waals surface area contributed by atoms with Crippen molar-refractivity contribution in [1.29, 1.82) is 0 Å². The van der Waals surface area contributed by atoms with E-state index in [9.17, 15) is 0 Å². The summed E-state index contributed by atoms with van der Waals surface area (Å²) in [5, 5.41) is 8.65. The zero-order valence-corrected chi connectivity index (χ0v) is 17.2. The number of nitrogens with zero attached hydrogens (tertiary/aromatic N) is 3. The summed E-state index contributed by atoms with van der Waals surface area (Å²) < 4.78 is 5.23. The van der Waals surface area contributed by atoms with Gasteiger partial charge in [-0.15, -0.1) is 16.4 Å². The molecule has 146 valence electrons. The van der Waals surface area contributed by atoms with Gasteiger partial charge in [0, 0.05) is 16.7 Å². The summed E-state index contributed by atoms with van der Waals surface area (Å²) in [5.74, 6) is 7.05. The van der Waals surface area contributed by atoms with Gasteiger partial charge in [-0.3, -0.25) is 0 Å². The van der Waals surface area contributed by atoms with Crippen LogP contribution in [0.3, 0.4) is 0 Å². The Labute approximate surface area is 174 Å². The first kappa shape index (κ1) is 20.1. The summed E-state index contributed by atoms with van der Waals surface area (Å²) in [6, 6.07) is 15.7. The van der Waals surface area contributed by atoms with Crippen molar-refractivity contribution in [2.45, 2.75) is 13.8 Å². The molecule has 0 saturated carbocycles. The van der Waals surface area contributed by atoms with Crippen molar-refractivity contribution in [2.75, 3.05) is 7.11 Å². The van der Waals surface area contributed by atoms with Crippen LogP contribution in [0, 0.1) is 18.8 Å². The molecule has 0 aliphatic carbocycles. The lowest BCUT2D eigenvalue weighted by atomic mass is 10.1. The number of aryl methyl sites for hydroxylation is 1. The van der Waals surface area contributed by atoms with E-state index in [1.807, 2.05) is 62.4 Å². The van der Waals surface area contributed by atoms with E-state index in [0.717, 1.165) is 43.7 Å². The molecule has 0 saturated heterocycles. The first-order valence-electron chi connectivity index (χ1n) is 8.84. The monoisotopic (exact) mass is 403 g/mol. The van der Waals surface area contributed by atoms with E-state index in [4.69, 9.17) is 16.2 Å². The van der Waals surface area contributed by atoms with Gasteiger partial charge in [-0.25, -0.2) is 4.98 Å². The number of hydrogen-bond donors (Lipinski definition) is 2. The van der Waals surface area contributed by atoms with Gasteiger partial charge in [0.1, 0.15) is 10.8 Å². The minimum absolute atomic E-state index is 0.0719. The second-order valence-corrected chi connectivity index (χ2v) is 7.20. The number of rotatable bonds is 4. The summed E-state index contributed by atoms with van der Waals surface area (Å²) in [6.45, 7) is 3.80. The molecule has 0 amide bonds. The Kier molecular flexibility index (Phi) is 6.27. The van der Waals surface area contributed by atoms with Gasteiger partial charge in [-0.05, 0) is 44.2 Å². The number of thiazole rings is 1. The lowest BCUT2D eigenvalue weighted by Gasteiger charge is -1.98.